The molecule has 26 heavy (non-hydrogen) atoms. The smallest absolute Gasteiger partial charge is 0.280 e. The van der Waals surface area contributed by atoms with Crippen molar-refractivity contribution in [3.8, 4) is 11.5 Å². The lowest BCUT2D eigenvalue weighted by atomic mass is 10.1. The van der Waals surface area contributed by atoms with Gasteiger partial charge in [-0.2, -0.15) is 10.1 Å². The number of anilines is 1. The van der Waals surface area contributed by atoms with Crippen LogP contribution in [0.4, 0.5) is 5.69 Å². The average Bonchev–Trinajstić information content (AvgIpc) is 2.88. The van der Waals surface area contributed by atoms with Gasteiger partial charge in [0.05, 0.1) is 33.1 Å². The number of phenolic OH excluding ortho intramolecular Hbond substituents is 1. The van der Waals surface area contributed by atoms with Gasteiger partial charge in [0.1, 0.15) is 0 Å². The quantitative estimate of drug-likeness (QED) is 0.687. The molecule has 0 spiro atoms. The molecular formula is C19H16BrClN2O3. The molecule has 3 rings (SSSR count). The second-order valence-corrected chi connectivity index (χ2v) is 6.86. The molecule has 0 atom stereocenters. The molecule has 1 heterocycles. The molecular weight excluding hydrogens is 420 g/mol. The van der Waals surface area contributed by atoms with Crippen LogP contribution in [-0.4, -0.2) is 23.3 Å². The largest absolute Gasteiger partial charge is 0.503 e. The number of carbonyl (C=O) groups is 1. The molecule has 2 aromatic rings. The van der Waals surface area contributed by atoms with Crippen molar-refractivity contribution in [3.63, 3.8) is 0 Å². The van der Waals surface area contributed by atoms with Crippen molar-refractivity contribution in [2.45, 2.75) is 13.8 Å². The summed E-state index contributed by atoms with van der Waals surface area (Å²) in [6.07, 6.45) is 1.71. The Balaban J connectivity index is 1.99. The van der Waals surface area contributed by atoms with Crippen LogP contribution in [-0.2, 0) is 4.79 Å². The van der Waals surface area contributed by atoms with Crippen molar-refractivity contribution in [3.05, 3.63) is 57.0 Å². The first-order chi connectivity index (χ1) is 12.4. The fourth-order valence-corrected chi connectivity index (χ4v) is 3.26. The fourth-order valence-electron chi connectivity index (χ4n) is 2.58. The van der Waals surface area contributed by atoms with Crippen LogP contribution in [0.25, 0.3) is 6.08 Å². The first kappa shape index (κ1) is 18.5. The van der Waals surface area contributed by atoms with Gasteiger partial charge in [0.2, 0.25) is 0 Å². The number of hydrogen-bond donors (Lipinski definition) is 1. The highest BCUT2D eigenvalue weighted by Gasteiger charge is 2.30. The molecule has 1 aliphatic heterocycles. The normalized spacial score (nSPS) is 15.5. The van der Waals surface area contributed by atoms with Crippen LogP contribution in [0.3, 0.4) is 0 Å². The van der Waals surface area contributed by atoms with Crippen LogP contribution in [0.5, 0.6) is 11.5 Å². The topological polar surface area (TPSA) is 62.1 Å². The predicted molar refractivity (Wildman–Crippen MR) is 107 cm³/mol. The summed E-state index contributed by atoms with van der Waals surface area (Å²) in [5, 5.41) is 16.1. The Bertz CT molecular complexity index is 940. The molecule has 1 aliphatic rings. The van der Waals surface area contributed by atoms with Crippen LogP contribution >= 0.6 is 27.5 Å². The number of nitrogens with zero attached hydrogens (tertiary/aromatic N) is 2. The number of amides is 1. The van der Waals surface area contributed by atoms with E-state index >= 15 is 0 Å². The average molecular weight is 436 g/mol. The van der Waals surface area contributed by atoms with Crippen molar-refractivity contribution in [1.82, 2.24) is 0 Å². The second kappa shape index (κ2) is 7.51. The zero-order valence-corrected chi connectivity index (χ0v) is 16.5. The summed E-state index contributed by atoms with van der Waals surface area (Å²) in [7, 11) is 0. The fraction of sp³-hybridized carbons (Fsp3) is 0.158. The maximum Gasteiger partial charge on any atom is 0.280 e. The number of phenols is 1. The van der Waals surface area contributed by atoms with Gasteiger partial charge in [0, 0.05) is 0 Å². The minimum Gasteiger partial charge on any atom is -0.503 e. The lowest BCUT2D eigenvalue weighted by Crippen LogP contribution is -2.21. The van der Waals surface area contributed by atoms with Crippen LogP contribution in [0, 0.1) is 0 Å². The van der Waals surface area contributed by atoms with E-state index in [9.17, 15) is 9.90 Å². The predicted octanol–water partition coefficient (Wildman–Crippen LogP) is 5.01. The summed E-state index contributed by atoms with van der Waals surface area (Å²) >= 11 is 9.49. The van der Waals surface area contributed by atoms with E-state index in [4.69, 9.17) is 16.3 Å². The van der Waals surface area contributed by atoms with Gasteiger partial charge >= 0.3 is 0 Å². The van der Waals surface area contributed by atoms with Gasteiger partial charge in [-0.05, 0) is 65.7 Å². The third-order valence-corrected chi connectivity index (χ3v) is 4.73. The Kier molecular flexibility index (Phi) is 5.34. The Labute approximate surface area is 164 Å². The van der Waals surface area contributed by atoms with E-state index in [-0.39, 0.29) is 11.7 Å². The Morgan fingerprint density at radius 1 is 1.35 bits per heavy atom. The molecule has 2 aromatic carbocycles. The van der Waals surface area contributed by atoms with E-state index in [2.05, 4.69) is 21.0 Å². The summed E-state index contributed by atoms with van der Waals surface area (Å²) < 4.78 is 5.91. The molecule has 1 amide bonds. The van der Waals surface area contributed by atoms with Gasteiger partial charge in [-0.3, -0.25) is 4.79 Å². The van der Waals surface area contributed by atoms with E-state index in [1.54, 1.807) is 49.4 Å². The van der Waals surface area contributed by atoms with Gasteiger partial charge < -0.3 is 9.84 Å². The van der Waals surface area contributed by atoms with E-state index in [1.807, 2.05) is 6.92 Å². The van der Waals surface area contributed by atoms with Crippen molar-refractivity contribution in [1.29, 1.82) is 0 Å². The lowest BCUT2D eigenvalue weighted by Gasteiger charge is -2.13. The molecule has 134 valence electrons. The summed E-state index contributed by atoms with van der Waals surface area (Å²) in [5.74, 6) is 0.101. The monoisotopic (exact) mass is 434 g/mol. The first-order valence-corrected chi connectivity index (χ1v) is 9.11. The zero-order chi connectivity index (χ0) is 18.8. The molecule has 0 saturated heterocycles. The summed E-state index contributed by atoms with van der Waals surface area (Å²) in [5.41, 5.74) is 2.27. The van der Waals surface area contributed by atoms with E-state index in [0.717, 1.165) is 0 Å². The van der Waals surface area contributed by atoms with Crippen LogP contribution in [0.15, 0.2) is 51.5 Å². The second-order valence-electron chi connectivity index (χ2n) is 5.59. The number of aromatic hydroxyl groups is 1. The summed E-state index contributed by atoms with van der Waals surface area (Å²) in [6.45, 7) is 4.01. The van der Waals surface area contributed by atoms with Crippen molar-refractivity contribution in [2.75, 3.05) is 11.6 Å². The van der Waals surface area contributed by atoms with Crippen LogP contribution in [0.2, 0.25) is 5.02 Å². The minimum absolute atomic E-state index is 0.0230. The highest BCUT2D eigenvalue weighted by atomic mass is 79.9. The highest BCUT2D eigenvalue weighted by Crippen LogP contribution is 2.37. The minimum atomic E-state index is -0.266. The van der Waals surface area contributed by atoms with Crippen LogP contribution < -0.4 is 9.75 Å². The highest BCUT2D eigenvalue weighted by molar-refractivity contribution is 9.10. The molecule has 0 saturated carbocycles. The molecule has 0 fully saturated rings. The molecule has 0 unspecified atom stereocenters. The zero-order valence-electron chi connectivity index (χ0n) is 14.2. The first-order valence-electron chi connectivity index (χ1n) is 7.94. The van der Waals surface area contributed by atoms with E-state index in [0.29, 0.717) is 44.4 Å². The Morgan fingerprint density at radius 2 is 2.08 bits per heavy atom. The third-order valence-electron chi connectivity index (χ3n) is 3.80. The van der Waals surface area contributed by atoms with Gasteiger partial charge in [-0.1, -0.05) is 23.7 Å². The molecule has 0 aromatic heterocycles. The van der Waals surface area contributed by atoms with E-state index < -0.39 is 0 Å². The maximum atomic E-state index is 12.8. The summed E-state index contributed by atoms with van der Waals surface area (Å²) in [6, 6.07) is 10.4. The number of para-hydroxylation sites is 1. The molecule has 1 N–H and O–H groups in total. The molecule has 5 nitrogen and oxygen atoms in total. The summed E-state index contributed by atoms with van der Waals surface area (Å²) in [4.78, 5) is 12.8. The number of halogens is 2. The number of ether oxygens (including phenoxy) is 1. The molecule has 7 heteroatoms. The molecule has 0 radical (unpaired) electrons. The number of hydrazone groups is 1. The maximum absolute atomic E-state index is 12.8. The van der Waals surface area contributed by atoms with Crippen molar-refractivity contribution < 1.29 is 14.6 Å². The third kappa shape index (κ3) is 3.48. The Hall–Kier alpha value is -2.31. The number of rotatable bonds is 4. The van der Waals surface area contributed by atoms with Gasteiger partial charge in [0.25, 0.3) is 5.91 Å². The number of benzene rings is 2. The van der Waals surface area contributed by atoms with Gasteiger partial charge in [-0.25, -0.2) is 0 Å². The van der Waals surface area contributed by atoms with Crippen molar-refractivity contribution >= 4 is 50.9 Å². The number of carbonyl (C=O) groups excluding carboxylic acids is 1. The molecule has 0 aliphatic carbocycles. The van der Waals surface area contributed by atoms with Gasteiger partial charge in [0.15, 0.2) is 11.5 Å². The van der Waals surface area contributed by atoms with Crippen molar-refractivity contribution in [2.24, 2.45) is 5.10 Å². The Morgan fingerprint density at radius 3 is 2.77 bits per heavy atom. The van der Waals surface area contributed by atoms with Gasteiger partial charge in [-0.15, -0.1) is 0 Å². The number of hydrogen-bond acceptors (Lipinski definition) is 4. The standard InChI is InChI=1S/C19H16BrClN2O3/c1-3-26-17-10-12(9-14(20)18(17)24)8-13-11(2)22-23(19(13)25)16-7-5-4-6-15(16)21/h4-10,24H,3H2,1-2H3/b13-8-. The SMILES string of the molecule is CCOc1cc(/C=C2\C(=O)N(c3ccccc3Cl)N=C2C)cc(Br)c1O. The lowest BCUT2D eigenvalue weighted by molar-refractivity contribution is -0.114. The van der Waals surface area contributed by atoms with Crippen LogP contribution in [0.1, 0.15) is 19.4 Å². The van der Waals surface area contributed by atoms with E-state index in [1.165, 1.54) is 5.01 Å². The molecule has 0 bridgehead atoms.